The van der Waals surface area contributed by atoms with E-state index in [1.807, 2.05) is 6.07 Å². The average molecular weight is 358 g/mol. The lowest BCUT2D eigenvalue weighted by Gasteiger charge is -2.04. The largest absolute Gasteiger partial charge is 0.454 e. The Hall–Kier alpha value is -2.34. The number of Topliss-reactive ketones (excluding diaryl/α,β-unsaturated/α-hetero) is 1. The summed E-state index contributed by atoms with van der Waals surface area (Å²) in [6, 6.07) is 6.88. The van der Waals surface area contributed by atoms with E-state index >= 15 is 0 Å². The van der Waals surface area contributed by atoms with Gasteiger partial charge in [0, 0.05) is 10.4 Å². The smallest absolute Gasteiger partial charge is 0.348 e. The number of esters is 1. The van der Waals surface area contributed by atoms with Crippen molar-refractivity contribution in [3.63, 3.8) is 0 Å². The van der Waals surface area contributed by atoms with E-state index in [-0.39, 0.29) is 19.2 Å². The topological polar surface area (TPSA) is 61.8 Å². The Morgan fingerprint density at radius 1 is 1.04 bits per heavy atom. The minimum absolute atomic E-state index is 0.158. The lowest BCUT2D eigenvalue weighted by atomic mass is 10.1. The van der Waals surface area contributed by atoms with E-state index < -0.39 is 5.97 Å². The van der Waals surface area contributed by atoms with Crippen molar-refractivity contribution in [1.29, 1.82) is 0 Å². The van der Waals surface area contributed by atoms with Crippen LogP contribution in [0.25, 0.3) is 0 Å². The van der Waals surface area contributed by atoms with Gasteiger partial charge in [0.15, 0.2) is 23.9 Å². The summed E-state index contributed by atoms with van der Waals surface area (Å²) in [7, 11) is 0. The molecular weight excluding hydrogens is 340 g/mol. The van der Waals surface area contributed by atoms with Gasteiger partial charge in [-0.25, -0.2) is 4.79 Å². The highest BCUT2D eigenvalue weighted by Gasteiger charge is 2.20. The van der Waals surface area contributed by atoms with Crippen molar-refractivity contribution < 1.29 is 23.8 Å². The first-order chi connectivity index (χ1) is 12.2. The van der Waals surface area contributed by atoms with Gasteiger partial charge in [-0.1, -0.05) is 6.42 Å². The molecule has 6 heteroatoms. The Morgan fingerprint density at radius 2 is 1.88 bits per heavy atom. The summed E-state index contributed by atoms with van der Waals surface area (Å²) in [5.74, 6) is 0.477. The van der Waals surface area contributed by atoms with Gasteiger partial charge in [-0.2, -0.15) is 0 Å². The summed E-state index contributed by atoms with van der Waals surface area (Å²) >= 11 is 1.50. The van der Waals surface area contributed by atoms with Crippen molar-refractivity contribution in [2.75, 3.05) is 13.4 Å². The van der Waals surface area contributed by atoms with E-state index in [0.29, 0.717) is 21.9 Å². The number of ketones is 1. The first-order valence-electron chi connectivity index (χ1n) is 8.42. The van der Waals surface area contributed by atoms with E-state index in [9.17, 15) is 9.59 Å². The van der Waals surface area contributed by atoms with Crippen LogP contribution in [0.5, 0.6) is 11.5 Å². The molecule has 0 spiro atoms. The van der Waals surface area contributed by atoms with E-state index in [1.54, 1.807) is 18.2 Å². The number of rotatable bonds is 4. The van der Waals surface area contributed by atoms with Crippen LogP contribution >= 0.6 is 11.3 Å². The summed E-state index contributed by atoms with van der Waals surface area (Å²) < 4.78 is 15.7. The number of hydrogen-bond acceptors (Lipinski definition) is 6. The first-order valence-corrected chi connectivity index (χ1v) is 9.24. The molecular formula is C19H18O5S. The van der Waals surface area contributed by atoms with Gasteiger partial charge in [0.2, 0.25) is 6.79 Å². The number of hydrogen-bond donors (Lipinski definition) is 0. The number of carbonyl (C=O) groups is 2. The third-order valence-corrected chi connectivity index (χ3v) is 5.69. The summed E-state index contributed by atoms with van der Waals surface area (Å²) in [4.78, 5) is 26.4. The zero-order valence-electron chi connectivity index (χ0n) is 13.7. The van der Waals surface area contributed by atoms with Gasteiger partial charge < -0.3 is 14.2 Å². The van der Waals surface area contributed by atoms with Crippen LogP contribution in [-0.4, -0.2) is 25.2 Å². The Labute approximate surface area is 149 Å². The molecule has 0 amide bonds. The predicted molar refractivity (Wildman–Crippen MR) is 92.8 cm³/mol. The van der Waals surface area contributed by atoms with Gasteiger partial charge in [-0.15, -0.1) is 11.3 Å². The highest BCUT2D eigenvalue weighted by molar-refractivity contribution is 7.14. The quantitative estimate of drug-likeness (QED) is 0.473. The van der Waals surface area contributed by atoms with Gasteiger partial charge in [-0.05, 0) is 55.5 Å². The van der Waals surface area contributed by atoms with Crippen LogP contribution in [0.2, 0.25) is 0 Å². The Balaban J connectivity index is 1.39. The second kappa shape index (κ2) is 6.88. The van der Waals surface area contributed by atoms with Crippen molar-refractivity contribution in [3.8, 4) is 11.5 Å². The van der Waals surface area contributed by atoms with Gasteiger partial charge in [0.05, 0.1) is 0 Å². The van der Waals surface area contributed by atoms with Crippen LogP contribution in [0.15, 0.2) is 24.3 Å². The minimum atomic E-state index is -0.424. The fourth-order valence-corrected chi connectivity index (χ4v) is 4.27. The molecule has 25 heavy (non-hydrogen) atoms. The third-order valence-electron chi connectivity index (χ3n) is 4.48. The highest BCUT2D eigenvalue weighted by atomic mass is 32.1. The zero-order chi connectivity index (χ0) is 17.2. The maximum absolute atomic E-state index is 12.3. The van der Waals surface area contributed by atoms with Crippen LogP contribution < -0.4 is 9.47 Å². The average Bonchev–Trinajstić information content (AvgIpc) is 3.20. The first kappa shape index (κ1) is 16.1. The molecule has 0 bridgehead atoms. The van der Waals surface area contributed by atoms with Crippen LogP contribution in [-0.2, 0) is 17.6 Å². The molecule has 1 aromatic heterocycles. The molecule has 0 saturated carbocycles. The number of carbonyl (C=O) groups excluding carboxylic acids is 2. The van der Waals surface area contributed by atoms with Crippen molar-refractivity contribution in [3.05, 3.63) is 45.1 Å². The molecule has 2 aromatic rings. The Kier molecular flexibility index (Phi) is 4.44. The predicted octanol–water partition coefficient (Wildman–Crippen LogP) is 3.79. The zero-order valence-corrected chi connectivity index (χ0v) is 14.5. The molecule has 0 atom stereocenters. The maximum Gasteiger partial charge on any atom is 0.348 e. The monoisotopic (exact) mass is 358 g/mol. The van der Waals surface area contributed by atoms with Gasteiger partial charge in [0.1, 0.15) is 4.88 Å². The summed E-state index contributed by atoms with van der Waals surface area (Å²) in [5, 5.41) is 0. The molecule has 4 rings (SSSR count). The standard InChI is InChI=1S/C19H18O5S/c20-14(12-6-7-15-16(8-12)24-11-23-15)10-22-19(21)18-9-13-4-2-1-3-5-17(13)25-18/h6-9H,1-5,10-11H2. The maximum atomic E-state index is 12.3. The Bertz CT molecular complexity index is 800. The minimum Gasteiger partial charge on any atom is -0.454 e. The fraction of sp³-hybridized carbons (Fsp3) is 0.368. The SMILES string of the molecule is O=C(COC(=O)c1cc2c(s1)CCCCC2)c1ccc2c(c1)OCO2. The number of aryl methyl sites for hydroxylation is 2. The van der Waals surface area contributed by atoms with Gasteiger partial charge >= 0.3 is 5.97 Å². The van der Waals surface area contributed by atoms with E-state index in [0.717, 1.165) is 12.8 Å². The number of ether oxygens (including phenoxy) is 3. The van der Waals surface area contributed by atoms with Crippen molar-refractivity contribution in [2.24, 2.45) is 0 Å². The summed E-state index contributed by atoms with van der Waals surface area (Å²) in [5.41, 5.74) is 1.70. The lowest BCUT2D eigenvalue weighted by Crippen LogP contribution is -2.13. The van der Waals surface area contributed by atoms with Gasteiger partial charge in [0.25, 0.3) is 0 Å². The molecule has 5 nitrogen and oxygen atoms in total. The second-order valence-electron chi connectivity index (χ2n) is 6.19. The molecule has 2 heterocycles. The molecule has 1 aliphatic heterocycles. The molecule has 1 aliphatic carbocycles. The molecule has 1 aromatic carbocycles. The third kappa shape index (κ3) is 3.39. The molecule has 0 radical (unpaired) electrons. The van der Waals surface area contributed by atoms with Crippen LogP contribution in [0.4, 0.5) is 0 Å². The summed E-state index contributed by atoms with van der Waals surface area (Å²) in [6.07, 6.45) is 5.63. The van der Waals surface area contributed by atoms with Gasteiger partial charge in [-0.3, -0.25) is 4.79 Å². The van der Waals surface area contributed by atoms with E-state index in [2.05, 4.69) is 0 Å². The molecule has 0 N–H and O–H groups in total. The lowest BCUT2D eigenvalue weighted by molar-refractivity contribution is 0.0479. The molecule has 2 aliphatic rings. The number of thiophene rings is 1. The van der Waals surface area contributed by atoms with Crippen molar-refractivity contribution >= 4 is 23.1 Å². The van der Waals surface area contributed by atoms with E-state index in [4.69, 9.17) is 14.2 Å². The van der Waals surface area contributed by atoms with E-state index in [1.165, 1.54) is 41.0 Å². The molecule has 130 valence electrons. The molecule has 0 saturated heterocycles. The molecule has 0 fully saturated rings. The number of benzene rings is 1. The van der Waals surface area contributed by atoms with Crippen LogP contribution in [0, 0.1) is 0 Å². The van der Waals surface area contributed by atoms with Crippen molar-refractivity contribution in [2.45, 2.75) is 32.1 Å². The fourth-order valence-electron chi connectivity index (χ4n) is 3.12. The van der Waals surface area contributed by atoms with Crippen LogP contribution in [0.3, 0.4) is 0 Å². The second-order valence-corrected chi connectivity index (χ2v) is 7.32. The van der Waals surface area contributed by atoms with Crippen molar-refractivity contribution in [1.82, 2.24) is 0 Å². The highest BCUT2D eigenvalue weighted by Crippen LogP contribution is 2.33. The Morgan fingerprint density at radius 3 is 2.80 bits per heavy atom. The number of fused-ring (bicyclic) bond motifs is 2. The summed E-state index contributed by atoms with van der Waals surface area (Å²) in [6.45, 7) is -0.119. The van der Waals surface area contributed by atoms with Crippen LogP contribution in [0.1, 0.15) is 49.7 Å². The molecule has 0 unspecified atom stereocenters. The normalized spacial score (nSPS) is 15.4.